The standard InChI is InChI=1S/C14H10N2O4S/c17-14-13(11-8-4-5-9-12(11)15-14)16-20-21(18,19)10-6-2-1-3-7-10/h1-9H,(H,15,16,17). The van der Waals surface area contributed by atoms with Gasteiger partial charge in [-0.25, -0.2) is 0 Å². The second-order valence-electron chi connectivity index (χ2n) is 4.28. The first-order chi connectivity index (χ1) is 10.1. The second-order valence-corrected chi connectivity index (χ2v) is 5.81. The maximum absolute atomic E-state index is 11.9. The van der Waals surface area contributed by atoms with Gasteiger partial charge in [0, 0.05) is 5.56 Å². The van der Waals surface area contributed by atoms with Gasteiger partial charge < -0.3 is 5.32 Å². The van der Waals surface area contributed by atoms with Crippen LogP contribution in [0.5, 0.6) is 0 Å². The number of hydrogen-bond donors (Lipinski definition) is 1. The Morgan fingerprint density at radius 1 is 0.952 bits per heavy atom. The molecule has 1 heterocycles. The van der Waals surface area contributed by atoms with E-state index in [0.717, 1.165) is 0 Å². The molecule has 1 N–H and O–H groups in total. The van der Waals surface area contributed by atoms with E-state index in [4.69, 9.17) is 0 Å². The fourth-order valence-electron chi connectivity index (χ4n) is 1.91. The van der Waals surface area contributed by atoms with Crippen molar-refractivity contribution in [3.8, 4) is 0 Å². The van der Waals surface area contributed by atoms with Gasteiger partial charge in [-0.2, -0.15) is 8.42 Å². The van der Waals surface area contributed by atoms with Crippen LogP contribution in [-0.2, 0) is 19.2 Å². The summed E-state index contributed by atoms with van der Waals surface area (Å²) in [4.78, 5) is 11.7. The Bertz CT molecular complexity index is 829. The topological polar surface area (TPSA) is 84.8 Å². The van der Waals surface area contributed by atoms with Crippen molar-refractivity contribution in [3.05, 3.63) is 60.2 Å². The van der Waals surface area contributed by atoms with Crippen molar-refractivity contribution in [2.45, 2.75) is 4.90 Å². The predicted octanol–water partition coefficient (Wildman–Crippen LogP) is 1.75. The highest BCUT2D eigenvalue weighted by atomic mass is 32.2. The van der Waals surface area contributed by atoms with Gasteiger partial charge in [0.2, 0.25) is 0 Å². The molecule has 0 atom stereocenters. The number of amides is 1. The minimum absolute atomic E-state index is 0.0268. The van der Waals surface area contributed by atoms with Gasteiger partial charge in [-0.05, 0) is 18.2 Å². The third-order valence-electron chi connectivity index (χ3n) is 2.90. The molecule has 0 aliphatic carbocycles. The van der Waals surface area contributed by atoms with Gasteiger partial charge in [0.15, 0.2) is 5.71 Å². The van der Waals surface area contributed by atoms with Gasteiger partial charge in [0.25, 0.3) is 5.91 Å². The third-order valence-corrected chi connectivity index (χ3v) is 4.02. The molecule has 0 radical (unpaired) electrons. The Morgan fingerprint density at radius 3 is 2.38 bits per heavy atom. The van der Waals surface area contributed by atoms with Gasteiger partial charge in [-0.1, -0.05) is 41.6 Å². The van der Waals surface area contributed by atoms with Gasteiger partial charge >= 0.3 is 10.1 Å². The fraction of sp³-hybridized carbons (Fsp3) is 0. The molecule has 7 heteroatoms. The summed E-state index contributed by atoms with van der Waals surface area (Å²) in [5.74, 6) is -0.500. The van der Waals surface area contributed by atoms with Gasteiger partial charge in [0.05, 0.1) is 5.69 Å². The Morgan fingerprint density at radius 2 is 1.62 bits per heavy atom. The zero-order valence-corrected chi connectivity index (χ0v) is 11.5. The average Bonchev–Trinajstić information content (AvgIpc) is 2.81. The number of nitrogens with one attached hydrogen (secondary N) is 1. The number of anilines is 1. The van der Waals surface area contributed by atoms with Crippen molar-refractivity contribution in [3.63, 3.8) is 0 Å². The summed E-state index contributed by atoms with van der Waals surface area (Å²) in [6.07, 6.45) is 0. The molecule has 106 valence electrons. The second kappa shape index (κ2) is 5.02. The van der Waals surface area contributed by atoms with Crippen LogP contribution in [-0.4, -0.2) is 20.0 Å². The monoisotopic (exact) mass is 302 g/mol. The van der Waals surface area contributed by atoms with Crippen LogP contribution in [0, 0.1) is 0 Å². The highest BCUT2D eigenvalue weighted by Gasteiger charge is 2.27. The molecular formula is C14H10N2O4S. The molecule has 1 aliphatic heterocycles. The van der Waals surface area contributed by atoms with Crippen molar-refractivity contribution in [2.75, 3.05) is 5.32 Å². The molecule has 0 unspecified atom stereocenters. The third kappa shape index (κ3) is 2.50. The molecule has 0 saturated heterocycles. The van der Waals surface area contributed by atoms with Crippen molar-refractivity contribution in [1.82, 2.24) is 0 Å². The van der Waals surface area contributed by atoms with Crippen molar-refractivity contribution >= 4 is 27.4 Å². The quantitative estimate of drug-likeness (QED) is 0.875. The maximum atomic E-state index is 11.9. The Kier molecular flexibility index (Phi) is 3.19. The van der Waals surface area contributed by atoms with Crippen LogP contribution in [0.3, 0.4) is 0 Å². The number of carbonyl (C=O) groups excluding carboxylic acids is 1. The van der Waals surface area contributed by atoms with Crippen LogP contribution in [0.2, 0.25) is 0 Å². The molecule has 0 fully saturated rings. The molecule has 1 aliphatic rings. The van der Waals surface area contributed by atoms with Gasteiger partial charge in [0.1, 0.15) is 4.90 Å². The number of nitrogens with zero attached hydrogens (tertiary/aromatic N) is 1. The van der Waals surface area contributed by atoms with Crippen LogP contribution in [0.25, 0.3) is 0 Å². The lowest BCUT2D eigenvalue weighted by atomic mass is 10.1. The molecule has 21 heavy (non-hydrogen) atoms. The number of carbonyl (C=O) groups is 1. The average molecular weight is 302 g/mol. The first-order valence-corrected chi connectivity index (χ1v) is 7.46. The zero-order valence-electron chi connectivity index (χ0n) is 10.7. The van der Waals surface area contributed by atoms with E-state index in [1.807, 2.05) is 0 Å². The first-order valence-electron chi connectivity index (χ1n) is 6.05. The van der Waals surface area contributed by atoms with Gasteiger partial charge in [-0.15, -0.1) is 0 Å². The lowest BCUT2D eigenvalue weighted by molar-refractivity contribution is -0.110. The summed E-state index contributed by atoms with van der Waals surface area (Å²) in [6, 6.07) is 14.4. The first kappa shape index (κ1) is 13.3. The maximum Gasteiger partial charge on any atom is 0.358 e. The van der Waals surface area contributed by atoms with Crippen LogP contribution >= 0.6 is 0 Å². The van der Waals surface area contributed by atoms with Crippen molar-refractivity contribution in [2.24, 2.45) is 5.16 Å². The molecule has 0 aromatic heterocycles. The Hall–Kier alpha value is -2.67. The lowest BCUT2D eigenvalue weighted by Crippen LogP contribution is -2.15. The summed E-state index contributed by atoms with van der Waals surface area (Å²) >= 11 is 0. The summed E-state index contributed by atoms with van der Waals surface area (Å²) in [6.45, 7) is 0. The minimum Gasteiger partial charge on any atom is -0.320 e. The van der Waals surface area contributed by atoms with E-state index in [1.54, 1.807) is 42.5 Å². The summed E-state index contributed by atoms with van der Waals surface area (Å²) in [5, 5.41) is 6.09. The van der Waals surface area contributed by atoms with Crippen molar-refractivity contribution < 1.29 is 17.5 Å². The number of hydrogen-bond acceptors (Lipinski definition) is 5. The van der Waals surface area contributed by atoms with Gasteiger partial charge in [-0.3, -0.25) is 9.08 Å². The van der Waals surface area contributed by atoms with E-state index in [2.05, 4.69) is 14.8 Å². The SMILES string of the molecule is O=C1Nc2ccccc2C1=NOS(=O)(=O)c1ccccc1. The molecule has 2 aromatic rings. The van der Waals surface area contributed by atoms with E-state index in [0.29, 0.717) is 11.3 Å². The number of benzene rings is 2. The number of oxime groups is 1. The van der Waals surface area contributed by atoms with Crippen molar-refractivity contribution in [1.29, 1.82) is 0 Å². The highest BCUT2D eigenvalue weighted by molar-refractivity contribution is 7.86. The van der Waals surface area contributed by atoms with E-state index < -0.39 is 16.0 Å². The Balaban J connectivity index is 1.92. The normalized spacial score (nSPS) is 15.6. The number of fused-ring (bicyclic) bond motifs is 1. The fourth-order valence-corrected chi connectivity index (χ4v) is 2.66. The Labute approximate surface area is 121 Å². The molecule has 0 spiro atoms. The largest absolute Gasteiger partial charge is 0.358 e. The lowest BCUT2D eigenvalue weighted by Gasteiger charge is -2.01. The van der Waals surface area contributed by atoms with E-state index >= 15 is 0 Å². The predicted molar refractivity (Wildman–Crippen MR) is 76.3 cm³/mol. The van der Waals surface area contributed by atoms with Crippen LogP contribution < -0.4 is 5.32 Å². The molecule has 0 saturated carbocycles. The molecule has 6 nitrogen and oxygen atoms in total. The zero-order chi connectivity index (χ0) is 14.9. The molecule has 2 aromatic carbocycles. The number of rotatable bonds is 3. The summed E-state index contributed by atoms with van der Waals surface area (Å²) in [7, 11) is -4.04. The van der Waals surface area contributed by atoms with E-state index in [1.165, 1.54) is 12.1 Å². The summed E-state index contributed by atoms with van der Waals surface area (Å²) < 4.78 is 28.5. The van der Waals surface area contributed by atoms with E-state index in [9.17, 15) is 13.2 Å². The molecule has 3 rings (SSSR count). The van der Waals surface area contributed by atoms with E-state index in [-0.39, 0.29) is 10.6 Å². The van der Waals surface area contributed by atoms with Crippen LogP contribution in [0.1, 0.15) is 5.56 Å². The number of para-hydroxylation sites is 1. The molecule has 0 bridgehead atoms. The van der Waals surface area contributed by atoms with Crippen LogP contribution in [0.15, 0.2) is 64.6 Å². The highest BCUT2D eigenvalue weighted by Crippen LogP contribution is 2.23. The summed E-state index contributed by atoms with van der Waals surface area (Å²) in [5.41, 5.74) is 1.01. The molecule has 1 amide bonds. The van der Waals surface area contributed by atoms with Crippen LogP contribution in [0.4, 0.5) is 5.69 Å². The minimum atomic E-state index is -4.04. The smallest absolute Gasteiger partial charge is 0.320 e. The molecular weight excluding hydrogens is 292 g/mol.